The third-order valence-electron chi connectivity index (χ3n) is 4.79. The molecule has 1 aliphatic carbocycles. The third-order valence-corrected chi connectivity index (χ3v) is 4.79. The monoisotopic (exact) mass is 253 g/mol. The van der Waals surface area contributed by atoms with E-state index in [1.807, 2.05) is 0 Å². The lowest BCUT2D eigenvalue weighted by atomic mass is 10.1. The van der Waals surface area contributed by atoms with E-state index in [0.717, 1.165) is 24.7 Å². The molecule has 18 heavy (non-hydrogen) atoms. The van der Waals surface area contributed by atoms with E-state index in [-0.39, 0.29) is 0 Å². The first-order valence-corrected chi connectivity index (χ1v) is 7.92. The number of nitrogens with zero attached hydrogens (tertiary/aromatic N) is 2. The van der Waals surface area contributed by atoms with Crippen LogP contribution in [0.2, 0.25) is 0 Å². The fourth-order valence-electron chi connectivity index (χ4n) is 3.84. The number of hydrogen-bond acceptors (Lipinski definition) is 3. The summed E-state index contributed by atoms with van der Waals surface area (Å²) in [6.07, 6.45) is 6.79. The second-order valence-electron chi connectivity index (χ2n) is 6.14. The zero-order chi connectivity index (χ0) is 13.0. The molecule has 1 saturated heterocycles. The van der Waals surface area contributed by atoms with Gasteiger partial charge in [0.15, 0.2) is 0 Å². The number of likely N-dealkylation sites (N-methyl/N-ethyl adjacent to an activating group) is 1. The van der Waals surface area contributed by atoms with Gasteiger partial charge in [0.05, 0.1) is 0 Å². The summed E-state index contributed by atoms with van der Waals surface area (Å²) in [6, 6.07) is 2.40. The minimum atomic E-state index is 0.776. The predicted octanol–water partition coefficient (Wildman–Crippen LogP) is 1.93. The second kappa shape index (κ2) is 6.88. The molecule has 0 aromatic carbocycles. The third kappa shape index (κ3) is 3.46. The fraction of sp³-hybridized carbons (Fsp3) is 1.00. The highest BCUT2D eigenvalue weighted by Crippen LogP contribution is 2.28. The van der Waals surface area contributed by atoms with Gasteiger partial charge in [0, 0.05) is 24.7 Å². The maximum atomic E-state index is 3.63. The van der Waals surface area contributed by atoms with Crippen LogP contribution in [0.3, 0.4) is 0 Å². The van der Waals surface area contributed by atoms with E-state index in [1.165, 1.54) is 51.7 Å². The van der Waals surface area contributed by atoms with Crippen molar-refractivity contribution in [2.24, 2.45) is 0 Å². The fourth-order valence-corrected chi connectivity index (χ4v) is 3.84. The first kappa shape index (κ1) is 14.3. The molecule has 0 radical (unpaired) electrons. The summed E-state index contributed by atoms with van der Waals surface area (Å²) in [7, 11) is 2.28. The molecule has 0 amide bonds. The quantitative estimate of drug-likeness (QED) is 0.826. The van der Waals surface area contributed by atoms with Crippen LogP contribution < -0.4 is 5.32 Å². The Hall–Kier alpha value is -0.120. The summed E-state index contributed by atoms with van der Waals surface area (Å²) in [5.74, 6) is 0. The van der Waals surface area contributed by atoms with Crippen LogP contribution in [0.15, 0.2) is 0 Å². The van der Waals surface area contributed by atoms with E-state index in [4.69, 9.17) is 0 Å². The van der Waals surface area contributed by atoms with Gasteiger partial charge < -0.3 is 10.2 Å². The molecule has 0 spiro atoms. The topological polar surface area (TPSA) is 18.5 Å². The van der Waals surface area contributed by atoms with E-state index in [0.29, 0.717) is 0 Å². The van der Waals surface area contributed by atoms with Crippen molar-refractivity contribution in [3.63, 3.8) is 0 Å². The molecule has 1 heterocycles. The molecule has 1 N–H and O–H groups in total. The maximum absolute atomic E-state index is 3.63. The first-order chi connectivity index (χ1) is 8.74. The van der Waals surface area contributed by atoms with Crippen molar-refractivity contribution in [1.29, 1.82) is 0 Å². The van der Waals surface area contributed by atoms with Gasteiger partial charge in [-0.05, 0) is 58.8 Å². The van der Waals surface area contributed by atoms with Gasteiger partial charge in [-0.3, -0.25) is 4.90 Å². The van der Waals surface area contributed by atoms with Gasteiger partial charge in [-0.25, -0.2) is 0 Å². The highest BCUT2D eigenvalue weighted by molar-refractivity contribution is 4.91. The lowest BCUT2D eigenvalue weighted by molar-refractivity contribution is 0.128. The van der Waals surface area contributed by atoms with E-state index >= 15 is 0 Å². The summed E-state index contributed by atoms with van der Waals surface area (Å²) in [5.41, 5.74) is 0. The van der Waals surface area contributed by atoms with Crippen LogP contribution in [-0.2, 0) is 0 Å². The lowest BCUT2D eigenvalue weighted by Crippen LogP contribution is -2.45. The maximum Gasteiger partial charge on any atom is 0.0223 e. The summed E-state index contributed by atoms with van der Waals surface area (Å²) in [4.78, 5) is 5.35. The summed E-state index contributed by atoms with van der Waals surface area (Å²) >= 11 is 0. The number of rotatable bonds is 4. The summed E-state index contributed by atoms with van der Waals surface area (Å²) in [5, 5.41) is 3.63. The second-order valence-corrected chi connectivity index (χ2v) is 6.14. The molecule has 1 saturated carbocycles. The molecule has 0 aromatic rings. The molecule has 2 fully saturated rings. The molecule has 0 aromatic heterocycles. The Kier molecular flexibility index (Phi) is 5.46. The van der Waals surface area contributed by atoms with Crippen molar-refractivity contribution >= 4 is 0 Å². The van der Waals surface area contributed by atoms with E-state index < -0.39 is 0 Å². The molecule has 1 aliphatic heterocycles. The Bertz CT molecular complexity index is 244. The molecular weight excluding hydrogens is 222 g/mol. The Labute approximate surface area is 113 Å². The molecule has 3 atom stereocenters. The van der Waals surface area contributed by atoms with Crippen molar-refractivity contribution < 1.29 is 0 Å². The molecule has 2 aliphatic rings. The van der Waals surface area contributed by atoms with Crippen LogP contribution in [0.25, 0.3) is 0 Å². The SMILES string of the molecule is CCNC1CCC(N2CCCN(C)CC2CC)C1. The van der Waals surface area contributed by atoms with Crippen LogP contribution in [0.4, 0.5) is 0 Å². The van der Waals surface area contributed by atoms with Crippen LogP contribution in [0, 0.1) is 0 Å². The van der Waals surface area contributed by atoms with Crippen molar-refractivity contribution in [3.8, 4) is 0 Å². The van der Waals surface area contributed by atoms with Crippen LogP contribution in [0.5, 0.6) is 0 Å². The molecule has 3 nitrogen and oxygen atoms in total. The van der Waals surface area contributed by atoms with Gasteiger partial charge in [-0.1, -0.05) is 13.8 Å². The van der Waals surface area contributed by atoms with Crippen molar-refractivity contribution in [2.75, 3.05) is 33.2 Å². The van der Waals surface area contributed by atoms with E-state index in [1.54, 1.807) is 0 Å². The average molecular weight is 253 g/mol. The summed E-state index contributed by atoms with van der Waals surface area (Å²) < 4.78 is 0. The summed E-state index contributed by atoms with van der Waals surface area (Å²) in [6.45, 7) is 9.55. The standard InChI is InChI=1S/C15H31N3/c1-4-14-12-17(3)9-6-10-18(14)15-8-7-13(11-15)16-5-2/h13-16H,4-12H2,1-3H3. The highest BCUT2D eigenvalue weighted by Gasteiger charge is 2.33. The molecule has 3 heteroatoms. The van der Waals surface area contributed by atoms with Crippen LogP contribution >= 0.6 is 0 Å². The zero-order valence-corrected chi connectivity index (χ0v) is 12.5. The minimum Gasteiger partial charge on any atom is -0.314 e. The predicted molar refractivity (Wildman–Crippen MR) is 78.0 cm³/mol. The van der Waals surface area contributed by atoms with E-state index in [2.05, 4.69) is 36.0 Å². The highest BCUT2D eigenvalue weighted by atomic mass is 15.3. The molecular formula is C15H31N3. The van der Waals surface area contributed by atoms with Gasteiger partial charge in [0.25, 0.3) is 0 Å². The largest absolute Gasteiger partial charge is 0.314 e. The number of nitrogens with one attached hydrogen (secondary N) is 1. The Balaban J connectivity index is 1.93. The van der Waals surface area contributed by atoms with Gasteiger partial charge in [0.2, 0.25) is 0 Å². The van der Waals surface area contributed by atoms with Gasteiger partial charge in [-0.15, -0.1) is 0 Å². The number of hydrogen-bond donors (Lipinski definition) is 1. The average Bonchev–Trinajstić information content (AvgIpc) is 2.72. The molecule has 106 valence electrons. The zero-order valence-electron chi connectivity index (χ0n) is 12.5. The first-order valence-electron chi connectivity index (χ1n) is 7.92. The van der Waals surface area contributed by atoms with Crippen LogP contribution in [0.1, 0.15) is 46.0 Å². The van der Waals surface area contributed by atoms with Crippen molar-refractivity contribution in [1.82, 2.24) is 15.1 Å². The van der Waals surface area contributed by atoms with Crippen LogP contribution in [-0.4, -0.2) is 61.2 Å². The van der Waals surface area contributed by atoms with Crippen molar-refractivity contribution in [3.05, 3.63) is 0 Å². The molecule has 3 unspecified atom stereocenters. The minimum absolute atomic E-state index is 0.776. The van der Waals surface area contributed by atoms with Crippen molar-refractivity contribution in [2.45, 2.75) is 64.1 Å². The lowest BCUT2D eigenvalue weighted by Gasteiger charge is -2.35. The normalized spacial score (nSPS) is 35.8. The molecule has 2 rings (SSSR count). The Morgan fingerprint density at radius 2 is 2.00 bits per heavy atom. The van der Waals surface area contributed by atoms with Gasteiger partial charge >= 0.3 is 0 Å². The van der Waals surface area contributed by atoms with Gasteiger partial charge in [0.1, 0.15) is 0 Å². The smallest absolute Gasteiger partial charge is 0.0223 e. The molecule has 0 bridgehead atoms. The Morgan fingerprint density at radius 3 is 2.72 bits per heavy atom. The Morgan fingerprint density at radius 1 is 1.17 bits per heavy atom. The van der Waals surface area contributed by atoms with E-state index in [9.17, 15) is 0 Å². The van der Waals surface area contributed by atoms with Gasteiger partial charge in [-0.2, -0.15) is 0 Å².